The van der Waals surface area contributed by atoms with E-state index in [9.17, 15) is 19.4 Å². The molecule has 0 aliphatic rings. The minimum absolute atomic E-state index is 0.00151. The zero-order valence-corrected chi connectivity index (χ0v) is 11.8. The van der Waals surface area contributed by atoms with Crippen LogP contribution in [0.1, 0.15) is 15.9 Å². The van der Waals surface area contributed by atoms with Gasteiger partial charge in [0.1, 0.15) is 29.6 Å². The van der Waals surface area contributed by atoms with Crippen molar-refractivity contribution in [2.45, 2.75) is 0 Å². The topological polar surface area (TPSA) is 79.1 Å². The van der Waals surface area contributed by atoms with Crippen LogP contribution in [0.2, 0.25) is 0 Å². The van der Waals surface area contributed by atoms with Gasteiger partial charge in [-0.05, 0) is 30.3 Å². The molecule has 0 saturated carbocycles. The SMILES string of the molecule is COc1ccc(O)c(C=NCC(=O)c2ccc(F)cc2O)c1. The maximum atomic E-state index is 12.9. The molecular formula is C16H14FNO4. The van der Waals surface area contributed by atoms with Gasteiger partial charge < -0.3 is 14.9 Å². The highest BCUT2D eigenvalue weighted by Gasteiger charge is 2.11. The number of aliphatic imine (C=N–C) groups is 1. The van der Waals surface area contributed by atoms with E-state index >= 15 is 0 Å². The van der Waals surface area contributed by atoms with Gasteiger partial charge in [0.15, 0.2) is 5.78 Å². The monoisotopic (exact) mass is 303 g/mol. The number of phenolic OH excluding ortho intramolecular Hbond substituents is 2. The molecule has 2 aromatic rings. The van der Waals surface area contributed by atoms with Crippen LogP contribution in [0.3, 0.4) is 0 Å². The molecule has 0 spiro atoms. The second-order valence-corrected chi connectivity index (χ2v) is 4.48. The molecule has 2 N–H and O–H groups in total. The number of carbonyl (C=O) groups is 1. The molecule has 0 bridgehead atoms. The molecule has 22 heavy (non-hydrogen) atoms. The summed E-state index contributed by atoms with van der Waals surface area (Å²) in [6.07, 6.45) is 1.33. The van der Waals surface area contributed by atoms with Gasteiger partial charge in [-0.15, -0.1) is 0 Å². The van der Waals surface area contributed by atoms with E-state index in [1.54, 1.807) is 12.1 Å². The smallest absolute Gasteiger partial charge is 0.187 e. The van der Waals surface area contributed by atoms with Crippen molar-refractivity contribution in [1.82, 2.24) is 0 Å². The average molecular weight is 303 g/mol. The summed E-state index contributed by atoms with van der Waals surface area (Å²) in [4.78, 5) is 15.8. The van der Waals surface area contributed by atoms with Gasteiger partial charge >= 0.3 is 0 Å². The summed E-state index contributed by atoms with van der Waals surface area (Å²) in [5, 5.41) is 19.2. The molecule has 0 amide bonds. The van der Waals surface area contributed by atoms with Gasteiger partial charge in [0.25, 0.3) is 0 Å². The summed E-state index contributed by atoms with van der Waals surface area (Å²) in [6, 6.07) is 7.77. The van der Waals surface area contributed by atoms with Gasteiger partial charge in [0, 0.05) is 17.8 Å². The summed E-state index contributed by atoms with van der Waals surface area (Å²) in [7, 11) is 1.49. The molecule has 0 aromatic heterocycles. The lowest BCUT2D eigenvalue weighted by molar-refractivity contribution is 0.0999. The summed E-state index contributed by atoms with van der Waals surface area (Å²) in [6.45, 7) is -0.240. The molecule has 0 heterocycles. The number of benzene rings is 2. The number of Topliss-reactive ketones (excluding diaryl/α,β-unsaturated/α-hetero) is 1. The summed E-state index contributed by atoms with van der Waals surface area (Å²) < 4.78 is 17.9. The van der Waals surface area contributed by atoms with Crippen LogP contribution >= 0.6 is 0 Å². The van der Waals surface area contributed by atoms with Crippen LogP contribution in [0.5, 0.6) is 17.2 Å². The molecule has 2 aromatic carbocycles. The molecule has 0 unspecified atom stereocenters. The normalized spacial score (nSPS) is 10.8. The van der Waals surface area contributed by atoms with E-state index in [2.05, 4.69) is 4.99 Å². The number of hydrogen-bond donors (Lipinski definition) is 2. The first-order chi connectivity index (χ1) is 10.5. The molecule has 5 nitrogen and oxygen atoms in total. The highest BCUT2D eigenvalue weighted by Crippen LogP contribution is 2.21. The molecule has 0 aliphatic heterocycles. The molecular weight excluding hydrogens is 289 g/mol. The Morgan fingerprint density at radius 2 is 2.00 bits per heavy atom. The standard InChI is InChI=1S/C16H14FNO4/c1-22-12-3-5-14(19)10(6-12)8-18-9-16(21)13-4-2-11(17)7-15(13)20/h2-8,19-20H,9H2,1H3. The van der Waals surface area contributed by atoms with Crippen LogP contribution in [-0.4, -0.2) is 35.9 Å². The minimum Gasteiger partial charge on any atom is -0.507 e. The van der Waals surface area contributed by atoms with Gasteiger partial charge in [-0.1, -0.05) is 0 Å². The Bertz CT molecular complexity index is 728. The fourth-order valence-corrected chi connectivity index (χ4v) is 1.82. The van der Waals surface area contributed by atoms with Gasteiger partial charge in [-0.25, -0.2) is 4.39 Å². The van der Waals surface area contributed by atoms with E-state index in [0.717, 1.165) is 12.1 Å². The molecule has 114 valence electrons. The van der Waals surface area contributed by atoms with Crippen molar-refractivity contribution in [3.8, 4) is 17.2 Å². The Hall–Kier alpha value is -2.89. The molecule has 6 heteroatoms. The lowest BCUT2D eigenvalue weighted by Gasteiger charge is -2.03. The summed E-state index contributed by atoms with van der Waals surface area (Å²) in [5.41, 5.74) is 0.392. The van der Waals surface area contributed by atoms with Crippen molar-refractivity contribution in [1.29, 1.82) is 0 Å². The number of ketones is 1. The molecule has 2 rings (SSSR count). The van der Waals surface area contributed by atoms with Gasteiger partial charge in [0.05, 0.1) is 12.7 Å². The zero-order valence-electron chi connectivity index (χ0n) is 11.8. The Morgan fingerprint density at radius 3 is 2.68 bits per heavy atom. The third-order valence-corrected chi connectivity index (χ3v) is 2.96. The van der Waals surface area contributed by atoms with E-state index < -0.39 is 17.3 Å². The van der Waals surface area contributed by atoms with Crippen molar-refractivity contribution in [3.63, 3.8) is 0 Å². The highest BCUT2D eigenvalue weighted by atomic mass is 19.1. The first-order valence-corrected chi connectivity index (χ1v) is 6.40. The van der Waals surface area contributed by atoms with E-state index in [0.29, 0.717) is 11.3 Å². The minimum atomic E-state index is -0.626. The number of methoxy groups -OCH3 is 1. The molecule has 0 aliphatic carbocycles. The van der Waals surface area contributed by atoms with Crippen LogP contribution in [0, 0.1) is 5.82 Å². The third kappa shape index (κ3) is 3.60. The number of nitrogens with zero attached hydrogens (tertiary/aromatic N) is 1. The number of carbonyl (C=O) groups excluding carboxylic acids is 1. The van der Waals surface area contributed by atoms with Gasteiger partial charge in [0.2, 0.25) is 0 Å². The number of ether oxygens (including phenoxy) is 1. The number of rotatable bonds is 5. The van der Waals surface area contributed by atoms with Crippen molar-refractivity contribution in [2.75, 3.05) is 13.7 Å². The van der Waals surface area contributed by atoms with Crippen LogP contribution in [0.15, 0.2) is 41.4 Å². The first kappa shape index (κ1) is 15.5. The van der Waals surface area contributed by atoms with Crippen molar-refractivity contribution >= 4 is 12.0 Å². The van der Waals surface area contributed by atoms with E-state index in [-0.39, 0.29) is 17.9 Å². The average Bonchev–Trinajstić information content (AvgIpc) is 2.49. The number of hydrogen-bond acceptors (Lipinski definition) is 5. The predicted molar refractivity (Wildman–Crippen MR) is 79.5 cm³/mol. The Labute approximate surface area is 126 Å². The first-order valence-electron chi connectivity index (χ1n) is 6.40. The van der Waals surface area contributed by atoms with Crippen LogP contribution in [0.4, 0.5) is 4.39 Å². The number of phenols is 2. The van der Waals surface area contributed by atoms with Crippen LogP contribution in [0.25, 0.3) is 0 Å². The second-order valence-electron chi connectivity index (χ2n) is 4.48. The van der Waals surface area contributed by atoms with Crippen molar-refractivity contribution in [3.05, 3.63) is 53.3 Å². The zero-order chi connectivity index (χ0) is 16.1. The molecule has 0 fully saturated rings. The molecule has 0 atom stereocenters. The van der Waals surface area contributed by atoms with Crippen molar-refractivity contribution < 1.29 is 24.1 Å². The van der Waals surface area contributed by atoms with E-state index in [1.807, 2.05) is 0 Å². The van der Waals surface area contributed by atoms with Gasteiger partial charge in [-0.3, -0.25) is 9.79 Å². The fourth-order valence-electron chi connectivity index (χ4n) is 1.82. The lowest BCUT2D eigenvalue weighted by Crippen LogP contribution is -2.04. The maximum Gasteiger partial charge on any atom is 0.187 e. The largest absolute Gasteiger partial charge is 0.507 e. The Kier molecular flexibility index (Phi) is 4.73. The third-order valence-electron chi connectivity index (χ3n) is 2.96. The predicted octanol–water partition coefficient (Wildman–Crippen LogP) is 2.55. The Morgan fingerprint density at radius 1 is 1.23 bits per heavy atom. The summed E-state index contributed by atoms with van der Waals surface area (Å²) in [5.74, 6) is -0.970. The highest BCUT2D eigenvalue weighted by molar-refractivity contribution is 6.01. The van der Waals surface area contributed by atoms with E-state index in [1.165, 1.54) is 25.5 Å². The van der Waals surface area contributed by atoms with Gasteiger partial charge in [-0.2, -0.15) is 0 Å². The molecule has 0 radical (unpaired) electrons. The lowest BCUT2D eigenvalue weighted by atomic mass is 10.1. The van der Waals surface area contributed by atoms with E-state index in [4.69, 9.17) is 4.74 Å². The number of halogens is 1. The van der Waals surface area contributed by atoms with Crippen LogP contribution in [-0.2, 0) is 0 Å². The number of aromatic hydroxyl groups is 2. The summed E-state index contributed by atoms with van der Waals surface area (Å²) >= 11 is 0. The fraction of sp³-hybridized carbons (Fsp3) is 0.125. The second kappa shape index (κ2) is 6.71. The Balaban J connectivity index is 2.10. The van der Waals surface area contributed by atoms with Crippen LogP contribution < -0.4 is 4.74 Å². The quantitative estimate of drug-likeness (QED) is 0.657. The maximum absolute atomic E-state index is 12.9. The molecule has 0 saturated heterocycles. The van der Waals surface area contributed by atoms with Crippen molar-refractivity contribution in [2.24, 2.45) is 4.99 Å².